The van der Waals surface area contributed by atoms with Gasteiger partial charge in [-0.1, -0.05) is 6.42 Å². The van der Waals surface area contributed by atoms with Gasteiger partial charge in [-0.3, -0.25) is 14.5 Å². The van der Waals surface area contributed by atoms with Gasteiger partial charge in [-0.15, -0.1) is 0 Å². The topological polar surface area (TPSA) is 81.7 Å². The normalized spacial score (nSPS) is 16.4. The van der Waals surface area contributed by atoms with Crippen LogP contribution in [0.15, 0.2) is 0 Å². The fourth-order valence-electron chi connectivity index (χ4n) is 1.93. The van der Waals surface area contributed by atoms with Crippen molar-refractivity contribution in [3.8, 4) is 0 Å². The molecule has 0 saturated carbocycles. The zero-order valence-electron chi connectivity index (χ0n) is 10.8. The zero-order chi connectivity index (χ0) is 13.2. The molecule has 1 aliphatic rings. The summed E-state index contributed by atoms with van der Waals surface area (Å²) in [4.78, 5) is 24.0. The number of carboxylic acids is 1. The SMILES string of the molecule is O=C(O)CCCCCNC(=O)CN1CCNCC1. The highest BCUT2D eigenvalue weighted by atomic mass is 16.4. The van der Waals surface area contributed by atoms with Crippen LogP contribution in [-0.4, -0.2) is 61.2 Å². The van der Waals surface area contributed by atoms with E-state index in [-0.39, 0.29) is 12.3 Å². The van der Waals surface area contributed by atoms with Crippen LogP contribution in [-0.2, 0) is 9.59 Å². The number of carbonyl (C=O) groups is 2. The number of carbonyl (C=O) groups excluding carboxylic acids is 1. The lowest BCUT2D eigenvalue weighted by atomic mass is 10.2. The predicted molar refractivity (Wildman–Crippen MR) is 68.4 cm³/mol. The van der Waals surface area contributed by atoms with Crippen LogP contribution < -0.4 is 10.6 Å². The molecule has 0 atom stereocenters. The predicted octanol–water partition coefficient (Wildman–Crippen LogP) is -0.347. The first kappa shape index (κ1) is 14.9. The summed E-state index contributed by atoms with van der Waals surface area (Å²) < 4.78 is 0. The van der Waals surface area contributed by atoms with E-state index in [0.717, 1.165) is 39.0 Å². The molecule has 18 heavy (non-hydrogen) atoms. The summed E-state index contributed by atoms with van der Waals surface area (Å²) in [5, 5.41) is 14.6. The van der Waals surface area contributed by atoms with Gasteiger partial charge in [-0.05, 0) is 12.8 Å². The lowest BCUT2D eigenvalue weighted by Gasteiger charge is -2.26. The van der Waals surface area contributed by atoms with Crippen LogP contribution in [0.1, 0.15) is 25.7 Å². The Hall–Kier alpha value is -1.14. The van der Waals surface area contributed by atoms with Gasteiger partial charge in [-0.25, -0.2) is 0 Å². The molecule has 0 spiro atoms. The summed E-state index contributed by atoms with van der Waals surface area (Å²) in [6.07, 6.45) is 2.60. The standard InChI is InChI=1S/C12H23N3O3/c16-11(10-15-8-6-13-7-9-15)14-5-3-1-2-4-12(17)18/h13H,1-10H2,(H,14,16)(H,17,18). The van der Waals surface area contributed by atoms with Crippen LogP contribution >= 0.6 is 0 Å². The number of nitrogens with zero attached hydrogens (tertiary/aromatic N) is 1. The molecule has 0 aromatic rings. The van der Waals surface area contributed by atoms with E-state index in [1.807, 2.05) is 0 Å². The van der Waals surface area contributed by atoms with Gasteiger partial charge in [0, 0.05) is 39.1 Å². The number of hydrogen-bond donors (Lipinski definition) is 3. The molecule has 104 valence electrons. The van der Waals surface area contributed by atoms with Crippen molar-refractivity contribution >= 4 is 11.9 Å². The van der Waals surface area contributed by atoms with Crippen molar-refractivity contribution in [1.82, 2.24) is 15.5 Å². The van der Waals surface area contributed by atoms with E-state index in [2.05, 4.69) is 15.5 Å². The smallest absolute Gasteiger partial charge is 0.303 e. The van der Waals surface area contributed by atoms with Crippen molar-refractivity contribution in [1.29, 1.82) is 0 Å². The third-order valence-electron chi connectivity index (χ3n) is 2.97. The maximum atomic E-state index is 11.6. The number of amides is 1. The Labute approximate surface area is 108 Å². The molecule has 0 aromatic heterocycles. The van der Waals surface area contributed by atoms with Gasteiger partial charge in [0.25, 0.3) is 0 Å². The number of carboxylic acid groups (broad SMARTS) is 1. The molecule has 6 heteroatoms. The summed E-state index contributed by atoms with van der Waals surface area (Å²) in [5.41, 5.74) is 0. The summed E-state index contributed by atoms with van der Waals surface area (Å²) in [5.74, 6) is -0.687. The van der Waals surface area contributed by atoms with Crippen molar-refractivity contribution in [3.05, 3.63) is 0 Å². The molecule has 1 fully saturated rings. The largest absolute Gasteiger partial charge is 0.481 e. The van der Waals surface area contributed by atoms with E-state index in [0.29, 0.717) is 19.5 Å². The maximum Gasteiger partial charge on any atom is 0.303 e. The van der Waals surface area contributed by atoms with E-state index in [9.17, 15) is 9.59 Å². The second kappa shape index (κ2) is 8.88. The number of aliphatic carboxylic acids is 1. The number of rotatable bonds is 8. The van der Waals surface area contributed by atoms with Crippen molar-refractivity contribution in [2.45, 2.75) is 25.7 Å². The van der Waals surface area contributed by atoms with E-state index in [1.165, 1.54) is 0 Å². The van der Waals surface area contributed by atoms with E-state index in [4.69, 9.17) is 5.11 Å². The summed E-state index contributed by atoms with van der Waals surface area (Å²) in [7, 11) is 0. The summed E-state index contributed by atoms with van der Waals surface area (Å²) in [6, 6.07) is 0. The minimum absolute atomic E-state index is 0.0649. The molecule has 0 bridgehead atoms. The van der Waals surface area contributed by atoms with E-state index in [1.54, 1.807) is 0 Å². The molecular formula is C12H23N3O3. The minimum atomic E-state index is -0.752. The Kier molecular flexibility index (Phi) is 7.36. The molecule has 1 rings (SSSR count). The molecule has 0 unspecified atom stereocenters. The van der Waals surface area contributed by atoms with Gasteiger partial charge in [-0.2, -0.15) is 0 Å². The lowest BCUT2D eigenvalue weighted by molar-refractivity contribution is -0.137. The Morgan fingerprint density at radius 3 is 2.56 bits per heavy atom. The van der Waals surface area contributed by atoms with Crippen LogP contribution in [0.4, 0.5) is 0 Å². The van der Waals surface area contributed by atoms with E-state index < -0.39 is 5.97 Å². The Morgan fingerprint density at radius 1 is 1.17 bits per heavy atom. The highest BCUT2D eigenvalue weighted by Crippen LogP contribution is 1.98. The Bertz CT molecular complexity index is 265. The second-order valence-corrected chi connectivity index (χ2v) is 4.58. The highest BCUT2D eigenvalue weighted by Gasteiger charge is 2.12. The first-order valence-electron chi connectivity index (χ1n) is 6.60. The first-order chi connectivity index (χ1) is 8.68. The van der Waals surface area contributed by atoms with Crippen LogP contribution in [0, 0.1) is 0 Å². The third kappa shape index (κ3) is 7.24. The lowest BCUT2D eigenvalue weighted by Crippen LogP contribution is -2.47. The number of unbranched alkanes of at least 4 members (excludes halogenated alkanes) is 2. The van der Waals surface area contributed by atoms with E-state index >= 15 is 0 Å². The molecule has 3 N–H and O–H groups in total. The van der Waals surface area contributed by atoms with Gasteiger partial charge in [0.1, 0.15) is 0 Å². The van der Waals surface area contributed by atoms with Crippen LogP contribution in [0.2, 0.25) is 0 Å². The molecular weight excluding hydrogens is 234 g/mol. The second-order valence-electron chi connectivity index (χ2n) is 4.58. The van der Waals surface area contributed by atoms with Gasteiger partial charge in [0.05, 0.1) is 6.54 Å². The molecule has 0 aromatic carbocycles. The van der Waals surface area contributed by atoms with Crippen LogP contribution in [0.5, 0.6) is 0 Å². The Balaban J connectivity index is 1.94. The van der Waals surface area contributed by atoms with Crippen molar-refractivity contribution in [2.24, 2.45) is 0 Å². The highest BCUT2D eigenvalue weighted by molar-refractivity contribution is 5.77. The number of hydrogen-bond acceptors (Lipinski definition) is 4. The molecule has 1 aliphatic heterocycles. The number of piperazine rings is 1. The van der Waals surface area contributed by atoms with Gasteiger partial charge in [0.15, 0.2) is 0 Å². The average Bonchev–Trinajstić information content (AvgIpc) is 2.34. The van der Waals surface area contributed by atoms with Crippen LogP contribution in [0.25, 0.3) is 0 Å². The average molecular weight is 257 g/mol. The fourth-order valence-corrected chi connectivity index (χ4v) is 1.93. The maximum absolute atomic E-state index is 11.6. The monoisotopic (exact) mass is 257 g/mol. The first-order valence-corrected chi connectivity index (χ1v) is 6.60. The summed E-state index contributed by atoms with van der Waals surface area (Å²) in [6.45, 7) is 4.85. The number of nitrogens with one attached hydrogen (secondary N) is 2. The Morgan fingerprint density at radius 2 is 1.89 bits per heavy atom. The quantitative estimate of drug-likeness (QED) is 0.518. The zero-order valence-corrected chi connectivity index (χ0v) is 10.8. The molecule has 1 saturated heterocycles. The van der Waals surface area contributed by atoms with Gasteiger partial charge in [0.2, 0.25) is 5.91 Å². The van der Waals surface area contributed by atoms with Crippen LogP contribution in [0.3, 0.4) is 0 Å². The third-order valence-corrected chi connectivity index (χ3v) is 2.97. The van der Waals surface area contributed by atoms with Crippen molar-refractivity contribution in [2.75, 3.05) is 39.3 Å². The molecule has 0 radical (unpaired) electrons. The van der Waals surface area contributed by atoms with Gasteiger partial charge < -0.3 is 15.7 Å². The van der Waals surface area contributed by atoms with Crippen molar-refractivity contribution in [3.63, 3.8) is 0 Å². The fraction of sp³-hybridized carbons (Fsp3) is 0.833. The van der Waals surface area contributed by atoms with Gasteiger partial charge >= 0.3 is 5.97 Å². The molecule has 1 amide bonds. The molecule has 6 nitrogen and oxygen atoms in total. The minimum Gasteiger partial charge on any atom is -0.481 e. The molecule has 1 heterocycles. The summed E-state index contributed by atoms with van der Waals surface area (Å²) >= 11 is 0. The van der Waals surface area contributed by atoms with Crippen molar-refractivity contribution < 1.29 is 14.7 Å². The molecule has 0 aliphatic carbocycles.